The first-order valence-corrected chi connectivity index (χ1v) is 7.63. The van der Waals surface area contributed by atoms with Gasteiger partial charge in [0, 0.05) is 18.7 Å². The Morgan fingerprint density at radius 2 is 2.18 bits per heavy atom. The van der Waals surface area contributed by atoms with E-state index in [1.54, 1.807) is 23.7 Å². The largest absolute Gasteiger partial charge is 0.322 e. The minimum Gasteiger partial charge on any atom is -0.322 e. The van der Waals surface area contributed by atoms with Crippen LogP contribution in [0.5, 0.6) is 0 Å². The summed E-state index contributed by atoms with van der Waals surface area (Å²) in [5, 5.41) is 14.8. The summed E-state index contributed by atoms with van der Waals surface area (Å²) in [5.41, 5.74) is 2.56. The zero-order valence-corrected chi connectivity index (χ0v) is 12.7. The molecule has 1 aromatic carbocycles. The molecule has 0 aliphatic carbocycles. The molecular weight excluding hydrogens is 296 g/mol. The van der Waals surface area contributed by atoms with Crippen LogP contribution in [0.25, 0.3) is 17.5 Å². The molecule has 2 heterocycles. The van der Waals surface area contributed by atoms with Gasteiger partial charge in [-0.15, -0.1) is 10.2 Å². The van der Waals surface area contributed by atoms with Gasteiger partial charge in [-0.1, -0.05) is 12.1 Å². The molecule has 0 fully saturated rings. The van der Waals surface area contributed by atoms with Crippen LogP contribution in [0.1, 0.15) is 5.56 Å². The molecule has 22 heavy (non-hydrogen) atoms. The molecule has 3 rings (SSSR count). The lowest BCUT2D eigenvalue weighted by molar-refractivity contribution is -0.111. The van der Waals surface area contributed by atoms with Crippen molar-refractivity contribution in [3.63, 3.8) is 0 Å². The van der Waals surface area contributed by atoms with Crippen molar-refractivity contribution in [3.05, 3.63) is 59.1 Å². The normalized spacial score (nSPS) is 11.0. The van der Waals surface area contributed by atoms with Crippen molar-refractivity contribution in [1.82, 2.24) is 14.8 Å². The van der Waals surface area contributed by atoms with Crippen LogP contribution in [-0.2, 0) is 11.8 Å². The molecule has 110 valence electrons. The Morgan fingerprint density at radius 3 is 2.91 bits per heavy atom. The lowest BCUT2D eigenvalue weighted by Crippen LogP contribution is -2.09. The van der Waals surface area contributed by atoms with Gasteiger partial charge in [0.25, 0.3) is 0 Å². The van der Waals surface area contributed by atoms with Crippen LogP contribution in [0.4, 0.5) is 5.69 Å². The van der Waals surface area contributed by atoms with E-state index in [0.717, 1.165) is 11.1 Å². The number of hydrogen-bond acceptors (Lipinski definition) is 4. The quantitative estimate of drug-likeness (QED) is 0.753. The van der Waals surface area contributed by atoms with Crippen LogP contribution in [0.3, 0.4) is 0 Å². The first kappa shape index (κ1) is 14.2. The number of para-hydroxylation sites is 1. The highest BCUT2D eigenvalue weighted by molar-refractivity contribution is 7.08. The van der Waals surface area contributed by atoms with E-state index in [1.165, 1.54) is 6.08 Å². The Kier molecular flexibility index (Phi) is 4.11. The van der Waals surface area contributed by atoms with E-state index in [-0.39, 0.29) is 5.91 Å². The van der Waals surface area contributed by atoms with E-state index in [9.17, 15) is 4.79 Å². The molecule has 3 aromatic rings. The second-order valence-corrected chi connectivity index (χ2v) is 5.47. The van der Waals surface area contributed by atoms with E-state index >= 15 is 0 Å². The number of benzene rings is 1. The van der Waals surface area contributed by atoms with Gasteiger partial charge in [0.1, 0.15) is 6.33 Å². The van der Waals surface area contributed by atoms with Crippen LogP contribution in [0.15, 0.2) is 53.5 Å². The van der Waals surface area contributed by atoms with Crippen molar-refractivity contribution < 1.29 is 4.79 Å². The summed E-state index contributed by atoms with van der Waals surface area (Å²) in [5.74, 6) is 0.526. The molecule has 0 spiro atoms. The lowest BCUT2D eigenvalue weighted by Gasteiger charge is -2.08. The molecule has 5 nitrogen and oxygen atoms in total. The second-order valence-electron chi connectivity index (χ2n) is 4.69. The van der Waals surface area contributed by atoms with E-state index in [1.807, 2.05) is 52.7 Å². The average Bonchev–Trinajstić information content (AvgIpc) is 3.17. The van der Waals surface area contributed by atoms with Crippen molar-refractivity contribution in [2.75, 3.05) is 5.32 Å². The Labute approximate surface area is 131 Å². The van der Waals surface area contributed by atoms with E-state index in [2.05, 4.69) is 15.5 Å². The summed E-state index contributed by atoms with van der Waals surface area (Å²) < 4.78 is 1.81. The zero-order valence-electron chi connectivity index (χ0n) is 11.9. The van der Waals surface area contributed by atoms with Crippen molar-refractivity contribution in [3.8, 4) is 11.4 Å². The van der Waals surface area contributed by atoms with Gasteiger partial charge in [0.15, 0.2) is 5.82 Å². The number of carbonyl (C=O) groups is 1. The first-order chi connectivity index (χ1) is 10.7. The van der Waals surface area contributed by atoms with Gasteiger partial charge in [0.2, 0.25) is 5.91 Å². The third kappa shape index (κ3) is 3.12. The topological polar surface area (TPSA) is 59.8 Å². The van der Waals surface area contributed by atoms with Crippen LogP contribution >= 0.6 is 11.3 Å². The van der Waals surface area contributed by atoms with E-state index < -0.39 is 0 Å². The number of amides is 1. The van der Waals surface area contributed by atoms with Gasteiger partial charge < -0.3 is 9.88 Å². The first-order valence-electron chi connectivity index (χ1n) is 6.69. The number of aromatic nitrogens is 3. The number of nitrogens with zero attached hydrogens (tertiary/aromatic N) is 3. The van der Waals surface area contributed by atoms with Crippen molar-refractivity contribution >= 4 is 29.0 Å². The lowest BCUT2D eigenvalue weighted by atomic mass is 10.1. The standard InChI is InChI=1S/C16H14N4OS/c1-20-11-17-19-16(20)13-4-2-3-5-14(13)18-15(21)7-6-12-8-9-22-10-12/h2-11H,1H3,(H,18,21)/b7-6+. The number of carbonyl (C=O) groups excluding carboxylic acids is 1. The maximum atomic E-state index is 12.1. The highest BCUT2D eigenvalue weighted by Gasteiger charge is 2.10. The van der Waals surface area contributed by atoms with E-state index in [0.29, 0.717) is 11.5 Å². The minimum atomic E-state index is -0.180. The number of rotatable bonds is 4. The van der Waals surface area contributed by atoms with Crippen LogP contribution in [0, 0.1) is 0 Å². The fraction of sp³-hybridized carbons (Fsp3) is 0.0625. The van der Waals surface area contributed by atoms with Gasteiger partial charge in [0.05, 0.1) is 5.69 Å². The summed E-state index contributed by atoms with van der Waals surface area (Å²) in [6.45, 7) is 0. The minimum absolute atomic E-state index is 0.180. The Bertz CT molecular complexity index is 805. The van der Waals surface area contributed by atoms with Gasteiger partial charge in [-0.05, 0) is 40.6 Å². The monoisotopic (exact) mass is 310 g/mol. The van der Waals surface area contributed by atoms with Crippen LogP contribution in [0.2, 0.25) is 0 Å². The summed E-state index contributed by atoms with van der Waals surface area (Å²) >= 11 is 1.60. The molecular formula is C16H14N4OS. The van der Waals surface area contributed by atoms with Crippen LogP contribution < -0.4 is 5.32 Å². The molecule has 1 amide bonds. The third-order valence-corrected chi connectivity index (χ3v) is 3.81. The van der Waals surface area contributed by atoms with Crippen molar-refractivity contribution in [1.29, 1.82) is 0 Å². The Hall–Kier alpha value is -2.73. The second kappa shape index (κ2) is 6.36. The number of anilines is 1. The Morgan fingerprint density at radius 1 is 1.32 bits per heavy atom. The molecule has 2 aromatic heterocycles. The summed E-state index contributed by atoms with van der Waals surface area (Å²) in [6.07, 6.45) is 4.94. The SMILES string of the molecule is Cn1cnnc1-c1ccccc1NC(=O)/C=C/c1ccsc1. The number of thiophene rings is 1. The molecule has 0 saturated carbocycles. The molecule has 0 radical (unpaired) electrons. The van der Waals surface area contributed by atoms with E-state index in [4.69, 9.17) is 0 Å². The molecule has 6 heteroatoms. The molecule has 0 unspecified atom stereocenters. The number of aryl methyl sites for hydroxylation is 1. The predicted octanol–water partition coefficient (Wildman–Crippen LogP) is 3.20. The van der Waals surface area contributed by atoms with Gasteiger partial charge in [-0.2, -0.15) is 11.3 Å². The summed E-state index contributed by atoms with van der Waals surface area (Å²) in [7, 11) is 1.87. The molecule has 0 aliphatic heterocycles. The summed E-state index contributed by atoms with van der Waals surface area (Å²) in [6, 6.07) is 9.49. The molecule has 0 saturated heterocycles. The smallest absolute Gasteiger partial charge is 0.248 e. The van der Waals surface area contributed by atoms with Gasteiger partial charge in [-0.25, -0.2) is 0 Å². The summed E-state index contributed by atoms with van der Waals surface area (Å²) in [4.78, 5) is 12.1. The van der Waals surface area contributed by atoms with Gasteiger partial charge >= 0.3 is 0 Å². The fourth-order valence-electron chi connectivity index (χ4n) is 2.03. The Balaban J connectivity index is 1.81. The third-order valence-electron chi connectivity index (χ3n) is 3.11. The molecule has 0 bridgehead atoms. The fourth-order valence-corrected chi connectivity index (χ4v) is 2.66. The van der Waals surface area contributed by atoms with Crippen LogP contribution in [-0.4, -0.2) is 20.7 Å². The number of nitrogens with one attached hydrogen (secondary N) is 1. The zero-order chi connectivity index (χ0) is 15.4. The maximum absolute atomic E-state index is 12.1. The molecule has 0 atom stereocenters. The van der Waals surface area contributed by atoms with Gasteiger partial charge in [-0.3, -0.25) is 4.79 Å². The average molecular weight is 310 g/mol. The highest BCUT2D eigenvalue weighted by atomic mass is 32.1. The molecule has 0 aliphatic rings. The highest BCUT2D eigenvalue weighted by Crippen LogP contribution is 2.25. The van der Waals surface area contributed by atoms with Crippen molar-refractivity contribution in [2.24, 2.45) is 7.05 Å². The molecule has 1 N–H and O–H groups in total. The number of hydrogen-bond donors (Lipinski definition) is 1. The predicted molar refractivity (Wildman–Crippen MR) is 88.4 cm³/mol. The van der Waals surface area contributed by atoms with Crippen molar-refractivity contribution in [2.45, 2.75) is 0 Å². The maximum Gasteiger partial charge on any atom is 0.248 e.